The molecule has 0 aliphatic rings. The first-order valence-electron chi connectivity index (χ1n) is 6.25. The number of aryl methyl sites for hydroxylation is 1. The molecule has 5 heteroatoms. The lowest BCUT2D eigenvalue weighted by Gasteiger charge is -2.15. The number of amides is 1. The molecule has 0 bridgehead atoms. The Bertz CT molecular complexity index is 474. The number of halogens is 1. The molecule has 0 saturated carbocycles. The molecular weight excluding hydrogens is 357 g/mol. The lowest BCUT2D eigenvalue weighted by atomic mass is 10.1. The summed E-state index contributed by atoms with van der Waals surface area (Å²) in [7, 11) is 0. The molecule has 4 nitrogen and oxygen atoms in total. The van der Waals surface area contributed by atoms with E-state index in [2.05, 4.69) is 27.9 Å². The van der Waals surface area contributed by atoms with Gasteiger partial charge in [0.1, 0.15) is 6.04 Å². The number of carboxylic acids is 1. The third-order valence-electron chi connectivity index (χ3n) is 2.82. The summed E-state index contributed by atoms with van der Waals surface area (Å²) >= 11 is 2.08. The Labute approximate surface area is 126 Å². The first-order valence-corrected chi connectivity index (χ1v) is 7.33. The molecule has 1 atom stereocenters. The van der Waals surface area contributed by atoms with Crippen LogP contribution in [0.5, 0.6) is 0 Å². The monoisotopic (exact) mass is 375 g/mol. The highest BCUT2D eigenvalue weighted by Gasteiger charge is 2.21. The second kappa shape index (κ2) is 7.47. The summed E-state index contributed by atoms with van der Waals surface area (Å²) in [5.41, 5.74) is 1.51. The second-order valence-corrected chi connectivity index (χ2v) is 5.65. The molecule has 0 heterocycles. The minimum atomic E-state index is -0.982. The van der Waals surface area contributed by atoms with Crippen molar-refractivity contribution in [3.05, 3.63) is 32.9 Å². The fourth-order valence-corrected chi connectivity index (χ4v) is 2.30. The predicted octanol–water partition coefficient (Wildman–Crippen LogP) is 2.97. The molecule has 1 amide bonds. The highest BCUT2D eigenvalue weighted by atomic mass is 127. The van der Waals surface area contributed by atoms with Gasteiger partial charge in [0, 0.05) is 3.57 Å². The van der Waals surface area contributed by atoms with Crippen LogP contribution in [0.2, 0.25) is 0 Å². The average Bonchev–Trinajstić information content (AvgIpc) is 2.36. The number of unbranched alkanes of at least 4 members (excludes halogenated alkanes) is 1. The molecular formula is C14H18INO3. The smallest absolute Gasteiger partial charge is 0.326 e. The number of carbonyl (C=O) groups excluding carboxylic acids is 1. The molecule has 0 saturated heterocycles. The van der Waals surface area contributed by atoms with E-state index < -0.39 is 12.0 Å². The fraction of sp³-hybridized carbons (Fsp3) is 0.429. The lowest BCUT2D eigenvalue weighted by molar-refractivity contribution is -0.139. The van der Waals surface area contributed by atoms with Crippen molar-refractivity contribution in [2.24, 2.45) is 0 Å². The molecule has 1 aromatic carbocycles. The molecule has 0 aromatic heterocycles. The normalized spacial score (nSPS) is 11.9. The number of rotatable bonds is 6. The van der Waals surface area contributed by atoms with Crippen molar-refractivity contribution in [2.75, 3.05) is 0 Å². The maximum absolute atomic E-state index is 12.1. The van der Waals surface area contributed by atoms with E-state index in [1.54, 1.807) is 6.07 Å². The van der Waals surface area contributed by atoms with Gasteiger partial charge in [0.2, 0.25) is 0 Å². The number of hydrogen-bond acceptors (Lipinski definition) is 2. The first-order chi connectivity index (χ1) is 8.95. The Morgan fingerprint density at radius 1 is 1.42 bits per heavy atom. The van der Waals surface area contributed by atoms with E-state index in [-0.39, 0.29) is 5.91 Å². The van der Waals surface area contributed by atoms with E-state index in [1.165, 1.54) is 0 Å². The third-order valence-corrected chi connectivity index (χ3v) is 3.76. The number of nitrogens with one attached hydrogen (secondary N) is 1. The molecule has 104 valence electrons. The van der Waals surface area contributed by atoms with Gasteiger partial charge in [-0.15, -0.1) is 0 Å². The number of carbonyl (C=O) groups is 2. The number of aliphatic carboxylic acids is 1. The summed E-state index contributed by atoms with van der Waals surface area (Å²) in [4.78, 5) is 23.2. The van der Waals surface area contributed by atoms with Crippen LogP contribution < -0.4 is 5.32 Å². The van der Waals surface area contributed by atoms with Gasteiger partial charge in [-0.3, -0.25) is 4.79 Å². The van der Waals surface area contributed by atoms with E-state index in [4.69, 9.17) is 5.11 Å². The van der Waals surface area contributed by atoms with Gasteiger partial charge in [0.15, 0.2) is 0 Å². The van der Waals surface area contributed by atoms with Crippen LogP contribution >= 0.6 is 22.6 Å². The van der Waals surface area contributed by atoms with Gasteiger partial charge in [-0.05, 0) is 48.1 Å². The Morgan fingerprint density at radius 2 is 2.11 bits per heavy atom. The Kier molecular flexibility index (Phi) is 6.27. The van der Waals surface area contributed by atoms with Crippen LogP contribution in [0.3, 0.4) is 0 Å². The van der Waals surface area contributed by atoms with Crippen LogP contribution in [-0.4, -0.2) is 23.0 Å². The minimum absolute atomic E-state index is 0.323. The van der Waals surface area contributed by atoms with Gasteiger partial charge in [0.05, 0.1) is 5.56 Å². The maximum atomic E-state index is 12.1. The van der Waals surface area contributed by atoms with Crippen molar-refractivity contribution in [3.63, 3.8) is 0 Å². The van der Waals surface area contributed by atoms with E-state index in [9.17, 15) is 9.59 Å². The minimum Gasteiger partial charge on any atom is -0.480 e. The molecule has 0 aliphatic heterocycles. The van der Waals surface area contributed by atoms with E-state index in [1.807, 2.05) is 26.0 Å². The average molecular weight is 375 g/mol. The molecule has 0 aliphatic carbocycles. The number of benzene rings is 1. The van der Waals surface area contributed by atoms with Crippen LogP contribution in [-0.2, 0) is 4.79 Å². The molecule has 0 fully saturated rings. The SMILES string of the molecule is CCCCC(NC(=O)c1cc(C)ccc1I)C(=O)O. The Balaban J connectivity index is 2.81. The lowest BCUT2D eigenvalue weighted by Crippen LogP contribution is -2.41. The van der Waals surface area contributed by atoms with Crippen LogP contribution in [0.1, 0.15) is 42.1 Å². The number of carboxylic acid groups (broad SMARTS) is 1. The quantitative estimate of drug-likeness (QED) is 0.752. The summed E-state index contributed by atoms with van der Waals surface area (Å²) in [6.45, 7) is 3.89. The van der Waals surface area contributed by atoms with Gasteiger partial charge in [0.25, 0.3) is 5.91 Å². The third kappa shape index (κ3) is 4.81. The molecule has 0 radical (unpaired) electrons. The molecule has 1 aromatic rings. The van der Waals surface area contributed by atoms with Crippen molar-refractivity contribution >= 4 is 34.5 Å². The standard InChI is InChI=1S/C14H18INO3/c1-3-4-5-12(14(18)19)16-13(17)10-8-9(2)6-7-11(10)15/h6-8,12H,3-5H2,1-2H3,(H,16,17)(H,18,19). The largest absolute Gasteiger partial charge is 0.480 e. The Hall–Kier alpha value is -1.11. The van der Waals surface area contributed by atoms with E-state index >= 15 is 0 Å². The summed E-state index contributed by atoms with van der Waals surface area (Å²) in [6, 6.07) is 4.73. The van der Waals surface area contributed by atoms with Gasteiger partial charge in [-0.1, -0.05) is 31.4 Å². The van der Waals surface area contributed by atoms with Gasteiger partial charge in [-0.2, -0.15) is 0 Å². The van der Waals surface area contributed by atoms with Gasteiger partial charge < -0.3 is 10.4 Å². The highest BCUT2D eigenvalue weighted by Crippen LogP contribution is 2.14. The summed E-state index contributed by atoms with van der Waals surface area (Å²) in [5.74, 6) is -1.30. The molecule has 2 N–H and O–H groups in total. The molecule has 1 unspecified atom stereocenters. The van der Waals surface area contributed by atoms with Crippen LogP contribution in [0.25, 0.3) is 0 Å². The van der Waals surface area contributed by atoms with Crippen LogP contribution in [0.15, 0.2) is 18.2 Å². The van der Waals surface area contributed by atoms with Crippen molar-refractivity contribution in [1.82, 2.24) is 5.32 Å². The number of hydrogen-bond donors (Lipinski definition) is 2. The van der Waals surface area contributed by atoms with E-state index in [0.717, 1.165) is 22.0 Å². The van der Waals surface area contributed by atoms with Gasteiger partial charge in [-0.25, -0.2) is 4.79 Å². The zero-order chi connectivity index (χ0) is 14.4. The molecule has 1 rings (SSSR count). The molecule has 0 spiro atoms. The maximum Gasteiger partial charge on any atom is 0.326 e. The van der Waals surface area contributed by atoms with E-state index in [0.29, 0.717) is 12.0 Å². The van der Waals surface area contributed by atoms with Crippen LogP contribution in [0.4, 0.5) is 0 Å². The highest BCUT2D eigenvalue weighted by molar-refractivity contribution is 14.1. The van der Waals surface area contributed by atoms with Crippen molar-refractivity contribution in [1.29, 1.82) is 0 Å². The first kappa shape index (κ1) is 15.9. The second-order valence-electron chi connectivity index (χ2n) is 4.49. The predicted molar refractivity (Wildman–Crippen MR) is 82.3 cm³/mol. The molecule has 19 heavy (non-hydrogen) atoms. The van der Waals surface area contributed by atoms with Crippen molar-refractivity contribution < 1.29 is 14.7 Å². The van der Waals surface area contributed by atoms with Gasteiger partial charge >= 0.3 is 5.97 Å². The van der Waals surface area contributed by atoms with Crippen molar-refractivity contribution in [3.8, 4) is 0 Å². The topological polar surface area (TPSA) is 66.4 Å². The Morgan fingerprint density at radius 3 is 2.68 bits per heavy atom. The zero-order valence-corrected chi connectivity index (χ0v) is 13.2. The van der Waals surface area contributed by atoms with Crippen molar-refractivity contribution in [2.45, 2.75) is 39.2 Å². The summed E-state index contributed by atoms with van der Waals surface area (Å²) in [6.07, 6.45) is 2.14. The summed E-state index contributed by atoms with van der Waals surface area (Å²) in [5, 5.41) is 11.7. The fourth-order valence-electron chi connectivity index (χ4n) is 1.71. The zero-order valence-electron chi connectivity index (χ0n) is 11.1. The summed E-state index contributed by atoms with van der Waals surface area (Å²) < 4.78 is 0.820. The van der Waals surface area contributed by atoms with Crippen LogP contribution in [0, 0.1) is 10.5 Å².